The second-order valence-electron chi connectivity index (χ2n) is 3.61. The number of carbonyl (C=O) groups is 2. The van der Waals surface area contributed by atoms with E-state index < -0.39 is 17.6 Å². The Kier molecular flexibility index (Phi) is 5.24. The van der Waals surface area contributed by atoms with Crippen LogP contribution in [0.15, 0.2) is 16.6 Å². The molecule has 0 atom stereocenters. The maximum absolute atomic E-state index is 13.3. The predicted octanol–water partition coefficient (Wildman–Crippen LogP) is 0.910. The number of hydrogen-bond acceptors (Lipinski definition) is 3. The number of benzene rings is 1. The van der Waals surface area contributed by atoms with Gasteiger partial charge in [0.1, 0.15) is 5.82 Å². The fraction of sp³-hybridized carbons (Fsp3) is 0.273. The molecule has 0 aromatic heterocycles. The highest BCUT2D eigenvalue weighted by Gasteiger charge is 2.09. The molecule has 0 heterocycles. The maximum atomic E-state index is 13.3. The summed E-state index contributed by atoms with van der Waals surface area (Å²) in [7, 11) is 0. The van der Waals surface area contributed by atoms with Gasteiger partial charge < -0.3 is 16.4 Å². The highest BCUT2D eigenvalue weighted by Crippen LogP contribution is 2.23. The van der Waals surface area contributed by atoms with Gasteiger partial charge in [0.05, 0.1) is 17.6 Å². The molecule has 0 saturated carbocycles. The van der Waals surface area contributed by atoms with Crippen LogP contribution in [0.3, 0.4) is 0 Å². The minimum absolute atomic E-state index is 0.181. The van der Waals surface area contributed by atoms with Crippen LogP contribution < -0.4 is 16.4 Å². The van der Waals surface area contributed by atoms with Crippen molar-refractivity contribution in [3.8, 4) is 0 Å². The molecule has 18 heavy (non-hydrogen) atoms. The molecule has 5 nitrogen and oxygen atoms in total. The average molecular weight is 318 g/mol. The molecule has 0 radical (unpaired) electrons. The first-order valence-electron chi connectivity index (χ1n) is 5.16. The van der Waals surface area contributed by atoms with E-state index in [2.05, 4.69) is 26.6 Å². The Morgan fingerprint density at radius 2 is 2.06 bits per heavy atom. The Hall–Kier alpha value is -1.47. The van der Waals surface area contributed by atoms with Crippen molar-refractivity contribution in [2.24, 2.45) is 5.73 Å². The van der Waals surface area contributed by atoms with Gasteiger partial charge >= 0.3 is 0 Å². The van der Waals surface area contributed by atoms with Crippen molar-refractivity contribution in [2.45, 2.75) is 6.92 Å². The van der Waals surface area contributed by atoms with Gasteiger partial charge in [-0.05, 0) is 40.5 Å². The zero-order valence-corrected chi connectivity index (χ0v) is 11.3. The Morgan fingerprint density at radius 1 is 1.39 bits per heavy atom. The molecule has 2 amide bonds. The molecule has 1 aromatic rings. The van der Waals surface area contributed by atoms with Gasteiger partial charge in [0, 0.05) is 5.69 Å². The Morgan fingerprint density at radius 3 is 2.67 bits per heavy atom. The fourth-order valence-electron chi connectivity index (χ4n) is 1.23. The molecule has 0 saturated heterocycles. The summed E-state index contributed by atoms with van der Waals surface area (Å²) in [6.45, 7) is 1.35. The monoisotopic (exact) mass is 317 g/mol. The first-order chi connectivity index (χ1) is 8.43. The number of aryl methyl sites for hydroxylation is 1. The summed E-state index contributed by atoms with van der Waals surface area (Å²) in [5.41, 5.74) is 6.15. The topological polar surface area (TPSA) is 84.2 Å². The van der Waals surface area contributed by atoms with Crippen molar-refractivity contribution in [1.82, 2.24) is 5.32 Å². The zero-order chi connectivity index (χ0) is 13.7. The highest BCUT2D eigenvalue weighted by atomic mass is 79.9. The van der Waals surface area contributed by atoms with Gasteiger partial charge in [-0.2, -0.15) is 0 Å². The second-order valence-corrected chi connectivity index (χ2v) is 4.46. The van der Waals surface area contributed by atoms with Crippen LogP contribution in [0.25, 0.3) is 0 Å². The normalized spacial score (nSPS) is 10.0. The van der Waals surface area contributed by atoms with E-state index >= 15 is 0 Å². The standard InChI is InChI=1S/C11H13BrFN3O2/c1-6-2-7(12)8(13)3-9(6)16-11(18)5-15-10(17)4-14/h2-3H,4-5,14H2,1H3,(H,15,17)(H,16,18). The van der Waals surface area contributed by atoms with E-state index in [4.69, 9.17) is 5.73 Å². The van der Waals surface area contributed by atoms with Crippen molar-refractivity contribution in [3.05, 3.63) is 28.0 Å². The molecule has 0 unspecified atom stereocenters. The van der Waals surface area contributed by atoms with Crippen LogP contribution in [-0.2, 0) is 9.59 Å². The molecule has 0 bridgehead atoms. The minimum Gasteiger partial charge on any atom is -0.346 e. The third-order valence-electron chi connectivity index (χ3n) is 2.17. The van der Waals surface area contributed by atoms with Crippen molar-refractivity contribution in [2.75, 3.05) is 18.4 Å². The Labute approximate surface area is 112 Å². The molecule has 0 spiro atoms. The third kappa shape index (κ3) is 4.08. The zero-order valence-electron chi connectivity index (χ0n) is 9.72. The van der Waals surface area contributed by atoms with Crippen molar-refractivity contribution >= 4 is 33.4 Å². The fourth-order valence-corrected chi connectivity index (χ4v) is 1.68. The lowest BCUT2D eigenvalue weighted by molar-refractivity contribution is -0.123. The molecular formula is C11H13BrFN3O2. The summed E-state index contributed by atoms with van der Waals surface area (Å²) in [5, 5.41) is 4.82. The number of nitrogens with one attached hydrogen (secondary N) is 2. The molecule has 0 fully saturated rings. The van der Waals surface area contributed by atoms with E-state index in [1.807, 2.05) is 0 Å². The SMILES string of the molecule is Cc1cc(Br)c(F)cc1NC(=O)CNC(=O)CN. The number of halogens is 2. The van der Waals surface area contributed by atoms with E-state index in [-0.39, 0.29) is 13.1 Å². The highest BCUT2D eigenvalue weighted by molar-refractivity contribution is 9.10. The first-order valence-corrected chi connectivity index (χ1v) is 5.95. The van der Waals surface area contributed by atoms with E-state index in [1.165, 1.54) is 6.07 Å². The van der Waals surface area contributed by atoms with E-state index in [9.17, 15) is 14.0 Å². The summed E-state index contributed by atoms with van der Waals surface area (Å²) >= 11 is 3.05. The van der Waals surface area contributed by atoms with Gasteiger partial charge in [-0.25, -0.2) is 4.39 Å². The molecule has 0 aliphatic heterocycles. The molecule has 1 aromatic carbocycles. The van der Waals surface area contributed by atoms with Crippen molar-refractivity contribution < 1.29 is 14.0 Å². The maximum Gasteiger partial charge on any atom is 0.243 e. The summed E-state index contributed by atoms with van der Waals surface area (Å²) in [6.07, 6.45) is 0. The molecule has 0 aliphatic carbocycles. The van der Waals surface area contributed by atoms with Gasteiger partial charge in [0.2, 0.25) is 11.8 Å². The summed E-state index contributed by atoms with van der Waals surface area (Å²) < 4.78 is 13.6. The second kappa shape index (κ2) is 6.46. The van der Waals surface area contributed by atoms with Gasteiger partial charge in [-0.15, -0.1) is 0 Å². The molecule has 98 valence electrons. The number of carbonyl (C=O) groups excluding carboxylic acids is 2. The predicted molar refractivity (Wildman–Crippen MR) is 69.5 cm³/mol. The molecule has 4 N–H and O–H groups in total. The molecule has 1 rings (SSSR count). The van der Waals surface area contributed by atoms with E-state index in [0.717, 1.165) is 0 Å². The van der Waals surface area contributed by atoms with Crippen LogP contribution in [0.1, 0.15) is 5.56 Å². The van der Waals surface area contributed by atoms with Crippen LogP contribution in [-0.4, -0.2) is 24.9 Å². The summed E-state index contributed by atoms with van der Waals surface area (Å²) in [4.78, 5) is 22.3. The number of nitrogens with two attached hydrogens (primary N) is 1. The average Bonchev–Trinajstić information content (AvgIpc) is 2.33. The lowest BCUT2D eigenvalue weighted by atomic mass is 10.2. The first kappa shape index (κ1) is 14.6. The number of rotatable bonds is 4. The van der Waals surface area contributed by atoms with E-state index in [1.54, 1.807) is 13.0 Å². The van der Waals surface area contributed by atoms with Crippen LogP contribution >= 0.6 is 15.9 Å². The Bertz CT molecular complexity index is 480. The quantitative estimate of drug-likeness (QED) is 0.771. The van der Waals surface area contributed by atoms with Crippen LogP contribution in [0.2, 0.25) is 0 Å². The summed E-state index contributed by atoms with van der Waals surface area (Å²) in [5.74, 6) is -1.34. The lowest BCUT2D eigenvalue weighted by Gasteiger charge is -2.10. The molecule has 7 heteroatoms. The third-order valence-corrected chi connectivity index (χ3v) is 2.78. The van der Waals surface area contributed by atoms with Crippen molar-refractivity contribution in [3.63, 3.8) is 0 Å². The van der Waals surface area contributed by atoms with Gasteiger partial charge in [-0.1, -0.05) is 0 Å². The van der Waals surface area contributed by atoms with Gasteiger partial charge in [0.15, 0.2) is 0 Å². The van der Waals surface area contributed by atoms with Crippen molar-refractivity contribution in [1.29, 1.82) is 0 Å². The molecule has 0 aliphatic rings. The van der Waals surface area contributed by atoms with Crippen LogP contribution in [0, 0.1) is 12.7 Å². The van der Waals surface area contributed by atoms with Crippen LogP contribution in [0.5, 0.6) is 0 Å². The molecular weight excluding hydrogens is 305 g/mol. The largest absolute Gasteiger partial charge is 0.346 e. The smallest absolute Gasteiger partial charge is 0.243 e. The summed E-state index contributed by atoms with van der Waals surface area (Å²) in [6, 6.07) is 2.77. The Balaban J connectivity index is 2.65. The van der Waals surface area contributed by atoms with Gasteiger partial charge in [-0.3, -0.25) is 9.59 Å². The number of amides is 2. The van der Waals surface area contributed by atoms with E-state index in [0.29, 0.717) is 15.7 Å². The number of hydrogen-bond donors (Lipinski definition) is 3. The minimum atomic E-state index is -0.470. The lowest BCUT2D eigenvalue weighted by Crippen LogP contribution is -2.36. The van der Waals surface area contributed by atoms with Gasteiger partial charge in [0.25, 0.3) is 0 Å². The number of anilines is 1. The van der Waals surface area contributed by atoms with Crippen LogP contribution in [0.4, 0.5) is 10.1 Å².